The lowest BCUT2D eigenvalue weighted by molar-refractivity contribution is -0.116. The molecule has 6 nitrogen and oxygen atoms in total. The van der Waals surface area contributed by atoms with Crippen LogP contribution in [0.5, 0.6) is 5.75 Å². The van der Waals surface area contributed by atoms with Crippen LogP contribution in [0, 0.1) is 0 Å². The maximum atomic E-state index is 12.3. The summed E-state index contributed by atoms with van der Waals surface area (Å²) in [6, 6.07) is 11.6. The summed E-state index contributed by atoms with van der Waals surface area (Å²) in [5.74, 6) is 0.617. The second-order valence-electron chi connectivity index (χ2n) is 5.01. The first-order chi connectivity index (χ1) is 11.3. The van der Waals surface area contributed by atoms with Gasteiger partial charge in [-0.2, -0.15) is 0 Å². The quantitative estimate of drug-likeness (QED) is 0.759. The van der Waals surface area contributed by atoms with Gasteiger partial charge in [-0.1, -0.05) is 12.1 Å². The van der Waals surface area contributed by atoms with Gasteiger partial charge in [0.1, 0.15) is 12.0 Å². The van der Waals surface area contributed by atoms with Gasteiger partial charge >= 0.3 is 6.01 Å². The van der Waals surface area contributed by atoms with E-state index in [-0.39, 0.29) is 24.4 Å². The van der Waals surface area contributed by atoms with Crippen LogP contribution in [-0.2, 0) is 4.79 Å². The number of rotatable bonds is 6. The van der Waals surface area contributed by atoms with Crippen molar-refractivity contribution in [2.24, 2.45) is 0 Å². The standard InChI is InChI=1S/C17H17N3O3/c1-22-14-6-4-13(5-7-14)15(20-9-2-3-10-20)12-16(21)19-17-18-8-11-23-17/h2-11,15H,12H2,1H3,(H,18,19,21). The first-order valence-corrected chi connectivity index (χ1v) is 7.22. The topological polar surface area (TPSA) is 69.3 Å². The van der Waals surface area contributed by atoms with Crippen LogP contribution in [0.3, 0.4) is 0 Å². The van der Waals surface area contributed by atoms with E-state index in [2.05, 4.69) is 10.3 Å². The van der Waals surface area contributed by atoms with E-state index in [1.54, 1.807) is 7.11 Å². The molecule has 1 atom stereocenters. The van der Waals surface area contributed by atoms with Gasteiger partial charge in [-0.15, -0.1) is 0 Å². The Kier molecular flexibility index (Phi) is 4.42. The van der Waals surface area contributed by atoms with Gasteiger partial charge in [-0.25, -0.2) is 4.98 Å². The third-order valence-electron chi connectivity index (χ3n) is 3.55. The van der Waals surface area contributed by atoms with Gasteiger partial charge in [0.15, 0.2) is 0 Å². The summed E-state index contributed by atoms with van der Waals surface area (Å²) < 4.78 is 12.2. The summed E-state index contributed by atoms with van der Waals surface area (Å²) in [5, 5.41) is 2.65. The molecule has 3 aromatic rings. The van der Waals surface area contributed by atoms with Gasteiger partial charge < -0.3 is 13.7 Å². The Morgan fingerprint density at radius 3 is 2.65 bits per heavy atom. The highest BCUT2D eigenvalue weighted by molar-refractivity contribution is 5.89. The molecule has 23 heavy (non-hydrogen) atoms. The minimum Gasteiger partial charge on any atom is -0.497 e. The molecule has 0 aliphatic carbocycles. The van der Waals surface area contributed by atoms with Crippen molar-refractivity contribution in [3.05, 3.63) is 66.8 Å². The van der Waals surface area contributed by atoms with Crippen LogP contribution < -0.4 is 10.1 Å². The van der Waals surface area contributed by atoms with Gasteiger partial charge in [-0.05, 0) is 29.8 Å². The number of nitrogens with zero attached hydrogens (tertiary/aromatic N) is 2. The lowest BCUT2D eigenvalue weighted by Gasteiger charge is -2.19. The van der Waals surface area contributed by atoms with Crippen molar-refractivity contribution in [3.63, 3.8) is 0 Å². The van der Waals surface area contributed by atoms with Crippen molar-refractivity contribution in [1.29, 1.82) is 0 Å². The molecular formula is C17H17N3O3. The Labute approximate surface area is 133 Å². The van der Waals surface area contributed by atoms with Crippen LogP contribution in [0.4, 0.5) is 6.01 Å². The lowest BCUT2D eigenvalue weighted by atomic mass is 10.0. The number of amides is 1. The van der Waals surface area contributed by atoms with Crippen molar-refractivity contribution in [2.75, 3.05) is 12.4 Å². The van der Waals surface area contributed by atoms with Crippen molar-refractivity contribution in [3.8, 4) is 5.75 Å². The van der Waals surface area contributed by atoms with Crippen molar-refractivity contribution < 1.29 is 13.9 Å². The van der Waals surface area contributed by atoms with E-state index in [4.69, 9.17) is 9.15 Å². The molecule has 0 aliphatic heterocycles. The average Bonchev–Trinajstić information content (AvgIpc) is 3.26. The number of methoxy groups -OCH3 is 1. The van der Waals surface area contributed by atoms with Gasteiger partial charge in [0, 0.05) is 12.4 Å². The fraction of sp³-hybridized carbons (Fsp3) is 0.176. The molecule has 0 saturated heterocycles. The van der Waals surface area contributed by atoms with Gasteiger partial charge in [0.2, 0.25) is 5.91 Å². The van der Waals surface area contributed by atoms with Gasteiger partial charge in [0.25, 0.3) is 0 Å². The van der Waals surface area contributed by atoms with Crippen molar-refractivity contribution in [1.82, 2.24) is 9.55 Å². The second kappa shape index (κ2) is 6.83. The predicted molar refractivity (Wildman–Crippen MR) is 85.3 cm³/mol. The first-order valence-electron chi connectivity index (χ1n) is 7.22. The summed E-state index contributed by atoms with van der Waals surface area (Å²) in [6.45, 7) is 0. The molecule has 2 aromatic heterocycles. The second-order valence-corrected chi connectivity index (χ2v) is 5.01. The highest BCUT2D eigenvalue weighted by Gasteiger charge is 2.18. The van der Waals surface area contributed by atoms with Crippen LogP contribution >= 0.6 is 0 Å². The zero-order chi connectivity index (χ0) is 16.1. The summed E-state index contributed by atoms with van der Waals surface area (Å²) >= 11 is 0. The summed E-state index contributed by atoms with van der Waals surface area (Å²) in [7, 11) is 1.63. The fourth-order valence-electron chi connectivity index (χ4n) is 2.41. The number of aromatic nitrogens is 2. The number of nitrogens with one attached hydrogen (secondary N) is 1. The van der Waals surface area contributed by atoms with E-state index < -0.39 is 0 Å². The molecule has 0 spiro atoms. The van der Waals surface area contributed by atoms with Crippen LogP contribution in [-0.4, -0.2) is 22.6 Å². The third-order valence-corrected chi connectivity index (χ3v) is 3.55. The van der Waals surface area contributed by atoms with Crippen LogP contribution in [0.25, 0.3) is 0 Å². The zero-order valence-corrected chi connectivity index (χ0v) is 12.7. The number of benzene rings is 1. The molecule has 2 heterocycles. The Balaban J connectivity index is 1.79. The van der Waals surface area contributed by atoms with E-state index in [1.807, 2.05) is 53.4 Å². The Morgan fingerprint density at radius 2 is 2.04 bits per heavy atom. The normalized spacial score (nSPS) is 11.9. The van der Waals surface area contributed by atoms with Gasteiger partial charge in [-0.3, -0.25) is 10.1 Å². The van der Waals surface area contributed by atoms with Gasteiger partial charge in [0.05, 0.1) is 25.8 Å². The minimum atomic E-state index is -0.165. The van der Waals surface area contributed by atoms with E-state index in [1.165, 1.54) is 12.5 Å². The highest BCUT2D eigenvalue weighted by Crippen LogP contribution is 2.25. The monoisotopic (exact) mass is 311 g/mol. The SMILES string of the molecule is COc1ccc(C(CC(=O)Nc2ncco2)n2cccc2)cc1. The number of hydrogen-bond acceptors (Lipinski definition) is 4. The number of carbonyl (C=O) groups is 1. The molecule has 1 unspecified atom stereocenters. The molecule has 0 radical (unpaired) electrons. The maximum Gasteiger partial charge on any atom is 0.301 e. The molecule has 1 aromatic carbocycles. The minimum absolute atomic E-state index is 0.120. The maximum absolute atomic E-state index is 12.3. The van der Waals surface area contributed by atoms with Crippen molar-refractivity contribution >= 4 is 11.9 Å². The Hall–Kier alpha value is -3.02. The smallest absolute Gasteiger partial charge is 0.301 e. The molecule has 1 amide bonds. The van der Waals surface area contributed by atoms with E-state index in [0.29, 0.717) is 0 Å². The number of ether oxygens (including phenoxy) is 1. The third kappa shape index (κ3) is 3.60. The molecule has 118 valence electrons. The number of anilines is 1. The Morgan fingerprint density at radius 1 is 1.30 bits per heavy atom. The molecule has 0 aliphatic rings. The summed E-state index contributed by atoms with van der Waals surface area (Å²) in [6.07, 6.45) is 7.05. The lowest BCUT2D eigenvalue weighted by Crippen LogP contribution is -2.19. The zero-order valence-electron chi connectivity index (χ0n) is 12.7. The number of hydrogen-bond donors (Lipinski definition) is 1. The average molecular weight is 311 g/mol. The van der Waals surface area contributed by atoms with E-state index in [0.717, 1.165) is 11.3 Å². The molecule has 0 bridgehead atoms. The van der Waals surface area contributed by atoms with Crippen LogP contribution in [0.2, 0.25) is 0 Å². The van der Waals surface area contributed by atoms with Crippen molar-refractivity contribution in [2.45, 2.75) is 12.5 Å². The molecule has 0 saturated carbocycles. The molecule has 6 heteroatoms. The fourth-order valence-corrected chi connectivity index (χ4v) is 2.41. The molecule has 3 rings (SSSR count). The van der Waals surface area contributed by atoms with Crippen LogP contribution in [0.1, 0.15) is 18.0 Å². The molecular weight excluding hydrogens is 294 g/mol. The number of oxazole rings is 1. The molecule has 1 N–H and O–H groups in total. The first kappa shape index (κ1) is 14.9. The van der Waals surface area contributed by atoms with Crippen LogP contribution in [0.15, 0.2) is 65.7 Å². The molecule has 0 fully saturated rings. The highest BCUT2D eigenvalue weighted by atomic mass is 16.5. The largest absolute Gasteiger partial charge is 0.497 e. The summed E-state index contributed by atoms with van der Waals surface area (Å²) in [5.41, 5.74) is 1.02. The Bertz CT molecular complexity index is 734. The number of carbonyl (C=O) groups excluding carboxylic acids is 1. The van der Waals surface area contributed by atoms with E-state index in [9.17, 15) is 4.79 Å². The summed E-state index contributed by atoms with van der Waals surface area (Å²) in [4.78, 5) is 16.2. The van der Waals surface area contributed by atoms with E-state index >= 15 is 0 Å². The predicted octanol–water partition coefficient (Wildman–Crippen LogP) is 3.10.